The summed E-state index contributed by atoms with van der Waals surface area (Å²) in [5, 5.41) is 6.78. The van der Waals surface area contributed by atoms with E-state index in [1.807, 2.05) is 0 Å². The molecular weight excluding hydrogens is 554 g/mol. The molecule has 4 aromatic rings. The molecule has 0 unspecified atom stereocenters. The minimum atomic E-state index is -4.22. The maximum Gasteiger partial charge on any atom is 1.00 e. The van der Waals surface area contributed by atoms with Crippen LogP contribution in [0.3, 0.4) is 0 Å². The third-order valence-corrected chi connectivity index (χ3v) is 4.13. The smallest absolute Gasteiger partial charge is 0.543 e. The molecule has 35 heavy (non-hydrogen) atoms. The fourth-order valence-electron chi connectivity index (χ4n) is 2.21. The van der Waals surface area contributed by atoms with Crippen molar-refractivity contribution >= 4 is 62.6 Å². The van der Waals surface area contributed by atoms with Crippen LogP contribution in [0.15, 0.2) is 53.6 Å². The van der Waals surface area contributed by atoms with Gasteiger partial charge in [0.25, 0.3) is 5.56 Å². The standard InChI is InChI=1S/C9H5ClF2N2O.C8H5ClN2O.C2HClF2O2.Na/c10-6-2-1-5-3-4-13-8(7(5)14-6)15-9(11)12;9-6-2-1-5-3-4-10-8(12)7(5)11-6;3-2(4,5)1(6)7;/h1-4,9H;1-4H,(H,10,12);(H,6,7);/q;;;+1/p-1. The number of fused-ring (bicyclic) bond motifs is 2. The largest absolute Gasteiger partial charge is 1.00 e. The Morgan fingerprint density at radius 3 is 2.03 bits per heavy atom. The molecule has 16 heteroatoms. The van der Waals surface area contributed by atoms with E-state index in [4.69, 9.17) is 33.1 Å². The molecule has 0 aliphatic rings. The Bertz CT molecular complexity index is 1360. The number of aromatic amines is 1. The number of aromatic nitrogens is 4. The number of ether oxygens (including phenoxy) is 1. The number of carbonyl (C=O) groups is 1. The molecule has 4 aromatic heterocycles. The van der Waals surface area contributed by atoms with Crippen LogP contribution < -0.4 is 45.0 Å². The summed E-state index contributed by atoms with van der Waals surface area (Å²) in [6.45, 7) is -2.93. The fourth-order valence-corrected chi connectivity index (χ4v) is 2.50. The van der Waals surface area contributed by atoms with Crippen molar-refractivity contribution in [3.05, 3.63) is 69.5 Å². The van der Waals surface area contributed by atoms with Crippen molar-refractivity contribution in [3.8, 4) is 5.88 Å². The number of alkyl halides is 5. The summed E-state index contributed by atoms with van der Waals surface area (Å²) in [6, 6.07) is 10.1. The van der Waals surface area contributed by atoms with Gasteiger partial charge in [0.05, 0.1) is 0 Å². The van der Waals surface area contributed by atoms with Crippen molar-refractivity contribution < 1.29 is 61.8 Å². The Labute approximate surface area is 230 Å². The van der Waals surface area contributed by atoms with Crippen molar-refractivity contribution in [2.24, 2.45) is 0 Å². The zero-order valence-electron chi connectivity index (χ0n) is 17.3. The molecule has 1 N–H and O–H groups in total. The van der Waals surface area contributed by atoms with Crippen LogP contribution in [0.25, 0.3) is 21.8 Å². The number of nitrogens with zero attached hydrogens (tertiary/aromatic N) is 3. The predicted molar refractivity (Wildman–Crippen MR) is 114 cm³/mol. The van der Waals surface area contributed by atoms with Gasteiger partial charge < -0.3 is 19.6 Å². The number of pyridine rings is 4. The third-order valence-electron chi connectivity index (χ3n) is 3.56. The van der Waals surface area contributed by atoms with E-state index in [1.165, 1.54) is 6.20 Å². The monoisotopic (exact) mass is 562 g/mol. The molecule has 0 aromatic carbocycles. The molecule has 0 bridgehead atoms. The first-order chi connectivity index (χ1) is 15.9. The number of aliphatic carboxylic acids is 1. The van der Waals surface area contributed by atoms with Crippen LogP contribution in [0.5, 0.6) is 5.88 Å². The van der Waals surface area contributed by atoms with Crippen LogP contribution in [-0.4, -0.2) is 37.9 Å². The maximum absolute atomic E-state index is 12.0. The summed E-state index contributed by atoms with van der Waals surface area (Å²) >= 11 is 15.1. The minimum Gasteiger partial charge on any atom is -0.543 e. The van der Waals surface area contributed by atoms with Crippen molar-refractivity contribution in [1.29, 1.82) is 0 Å². The van der Waals surface area contributed by atoms with Gasteiger partial charge in [0.1, 0.15) is 27.3 Å². The predicted octanol–water partition coefficient (Wildman–Crippen LogP) is 1.03. The Hall–Kier alpha value is -2.22. The van der Waals surface area contributed by atoms with E-state index >= 15 is 0 Å². The van der Waals surface area contributed by atoms with E-state index in [1.54, 1.807) is 42.6 Å². The van der Waals surface area contributed by atoms with Gasteiger partial charge in [-0.05, 0) is 48.0 Å². The van der Waals surface area contributed by atoms with Crippen molar-refractivity contribution in [2.75, 3.05) is 0 Å². The van der Waals surface area contributed by atoms with E-state index in [2.05, 4.69) is 36.3 Å². The molecule has 0 saturated carbocycles. The van der Waals surface area contributed by atoms with E-state index in [0.29, 0.717) is 16.1 Å². The molecule has 0 fully saturated rings. The Kier molecular flexibility index (Phi) is 12.1. The van der Waals surface area contributed by atoms with Crippen LogP contribution in [-0.2, 0) is 4.79 Å². The Morgan fingerprint density at radius 2 is 1.51 bits per heavy atom. The average molecular weight is 564 g/mol. The first-order valence-electron chi connectivity index (χ1n) is 8.66. The van der Waals surface area contributed by atoms with Gasteiger partial charge in [0, 0.05) is 23.2 Å². The Balaban J connectivity index is 0.000000276. The fraction of sp³-hybridized carbons (Fsp3) is 0.105. The van der Waals surface area contributed by atoms with Crippen molar-refractivity contribution in [2.45, 2.75) is 12.0 Å². The summed E-state index contributed by atoms with van der Waals surface area (Å²) in [6.07, 6.45) is 2.95. The van der Waals surface area contributed by atoms with Gasteiger partial charge in [-0.3, -0.25) is 4.79 Å². The topological polar surface area (TPSA) is 121 Å². The molecule has 0 spiro atoms. The van der Waals surface area contributed by atoms with Gasteiger partial charge in [0.2, 0.25) is 5.88 Å². The van der Waals surface area contributed by atoms with Crippen LogP contribution >= 0.6 is 34.8 Å². The summed E-state index contributed by atoms with van der Waals surface area (Å²) in [7, 11) is 0. The summed E-state index contributed by atoms with van der Waals surface area (Å²) < 4.78 is 50.2. The SMILES string of the molecule is FC(F)Oc1nccc2ccc(Cl)nc12.O=C([O-])C(F)(F)Cl.O=c1[nH]ccc2ccc(Cl)nc12.[Na+]. The zero-order valence-corrected chi connectivity index (χ0v) is 21.6. The number of nitrogens with one attached hydrogen (secondary N) is 1. The molecule has 0 radical (unpaired) electrons. The maximum atomic E-state index is 12.0. The van der Waals surface area contributed by atoms with E-state index in [9.17, 15) is 22.4 Å². The molecule has 0 aliphatic carbocycles. The van der Waals surface area contributed by atoms with Crippen molar-refractivity contribution in [3.63, 3.8) is 0 Å². The first kappa shape index (κ1) is 30.8. The number of hydrogen-bond acceptors (Lipinski definition) is 7. The van der Waals surface area contributed by atoms with Gasteiger partial charge >= 0.3 is 41.6 Å². The molecule has 4 rings (SSSR count). The third kappa shape index (κ3) is 9.74. The molecule has 0 aliphatic heterocycles. The normalized spacial score (nSPS) is 10.5. The van der Waals surface area contributed by atoms with Crippen LogP contribution in [0.2, 0.25) is 10.3 Å². The number of halogens is 7. The number of rotatable bonds is 3. The van der Waals surface area contributed by atoms with Gasteiger partial charge in [-0.15, -0.1) is 0 Å². The average Bonchev–Trinajstić information content (AvgIpc) is 2.75. The van der Waals surface area contributed by atoms with Crippen LogP contribution in [0.4, 0.5) is 17.6 Å². The second-order valence-electron chi connectivity index (χ2n) is 5.86. The second kappa shape index (κ2) is 13.8. The molecule has 0 saturated heterocycles. The Morgan fingerprint density at radius 1 is 1.00 bits per heavy atom. The quantitative estimate of drug-likeness (QED) is 0.171. The van der Waals surface area contributed by atoms with Crippen LogP contribution in [0.1, 0.15) is 0 Å². The van der Waals surface area contributed by atoms with E-state index < -0.39 is 18.0 Å². The molecular formula is C19H10Cl3F4N4NaO4. The van der Waals surface area contributed by atoms with Crippen LogP contribution in [0, 0.1) is 0 Å². The number of H-pyrrole nitrogens is 1. The molecule has 4 heterocycles. The number of carboxylic acids is 1. The van der Waals surface area contributed by atoms with Crippen molar-refractivity contribution in [1.82, 2.24) is 19.9 Å². The summed E-state index contributed by atoms with van der Waals surface area (Å²) in [4.78, 5) is 34.1. The van der Waals surface area contributed by atoms with Gasteiger partial charge in [-0.2, -0.15) is 17.6 Å². The molecule has 180 valence electrons. The second-order valence-corrected chi connectivity index (χ2v) is 7.11. The van der Waals surface area contributed by atoms with E-state index in [0.717, 1.165) is 5.39 Å². The van der Waals surface area contributed by atoms with Gasteiger partial charge in [0.15, 0.2) is 0 Å². The van der Waals surface area contributed by atoms with E-state index in [-0.39, 0.29) is 51.7 Å². The molecule has 0 amide bonds. The van der Waals surface area contributed by atoms with Gasteiger partial charge in [-0.25, -0.2) is 15.0 Å². The molecule has 8 nitrogen and oxygen atoms in total. The minimum absolute atomic E-state index is 0. The zero-order chi connectivity index (χ0) is 25.5. The summed E-state index contributed by atoms with van der Waals surface area (Å²) in [5.74, 6) is -2.79. The summed E-state index contributed by atoms with van der Waals surface area (Å²) in [5.41, 5.74) is 0.394. The number of carbonyl (C=O) groups excluding carboxylic acids is 1. The number of carboxylic acid groups (broad SMARTS) is 1. The molecule has 0 atom stereocenters. The number of hydrogen-bond donors (Lipinski definition) is 1. The first-order valence-corrected chi connectivity index (χ1v) is 9.80. The van der Waals surface area contributed by atoms with Gasteiger partial charge in [-0.1, -0.05) is 23.2 Å².